The Kier molecular flexibility index (Phi) is 7.53. The van der Waals surface area contributed by atoms with E-state index in [9.17, 15) is 13.2 Å². The highest BCUT2D eigenvalue weighted by atomic mass is 32.2. The number of ether oxygens (including phenoxy) is 4. The molecule has 0 unspecified atom stereocenters. The van der Waals surface area contributed by atoms with Gasteiger partial charge < -0.3 is 18.9 Å². The van der Waals surface area contributed by atoms with Crippen molar-refractivity contribution in [3.63, 3.8) is 0 Å². The van der Waals surface area contributed by atoms with Crippen LogP contribution in [0, 0.1) is 13.8 Å². The summed E-state index contributed by atoms with van der Waals surface area (Å²) in [5.74, 6) is 1.22. The molecule has 11 heteroatoms. The molecule has 1 N–H and O–H groups in total. The molecule has 0 aromatic heterocycles. The number of nitrogens with zero attached hydrogens (tertiary/aromatic N) is 2. The minimum Gasteiger partial charge on any atom is -0.493 e. The number of methoxy groups -OCH3 is 2. The Morgan fingerprint density at radius 3 is 2.38 bits per heavy atom. The maximum atomic E-state index is 13.7. The first kappa shape index (κ1) is 25.8. The molecule has 1 aliphatic heterocycles. The molecule has 194 valence electrons. The topological polar surface area (TPSA) is 116 Å². The number of fused-ring (bicyclic) bond motifs is 1. The number of amides is 1. The van der Waals surface area contributed by atoms with E-state index in [0.717, 1.165) is 15.4 Å². The van der Waals surface area contributed by atoms with Crippen molar-refractivity contribution in [3.8, 4) is 23.0 Å². The molecule has 0 saturated heterocycles. The predicted molar refractivity (Wildman–Crippen MR) is 138 cm³/mol. The summed E-state index contributed by atoms with van der Waals surface area (Å²) in [7, 11) is -1.29. The van der Waals surface area contributed by atoms with E-state index in [1.807, 2.05) is 19.9 Å². The van der Waals surface area contributed by atoms with E-state index in [1.165, 1.54) is 38.6 Å². The van der Waals surface area contributed by atoms with Crippen molar-refractivity contribution in [2.45, 2.75) is 18.7 Å². The SMILES string of the molecule is COc1ccc(S(=O)(=O)N(CC(=O)N/N=C\c2ccc3c(c2)OCO3)c2cc(C)cc(C)c2)cc1OC. The van der Waals surface area contributed by atoms with Crippen molar-refractivity contribution in [1.29, 1.82) is 0 Å². The van der Waals surface area contributed by atoms with Crippen LogP contribution in [0.4, 0.5) is 5.69 Å². The van der Waals surface area contributed by atoms with Gasteiger partial charge in [-0.05, 0) is 73.0 Å². The highest BCUT2D eigenvalue weighted by Gasteiger charge is 2.28. The van der Waals surface area contributed by atoms with Crippen LogP contribution in [0.1, 0.15) is 16.7 Å². The maximum Gasteiger partial charge on any atom is 0.264 e. The second-order valence-corrected chi connectivity index (χ2v) is 10.1. The average molecular weight is 526 g/mol. The fraction of sp³-hybridized carbons (Fsp3) is 0.231. The van der Waals surface area contributed by atoms with Crippen LogP contribution in [0.15, 0.2) is 64.6 Å². The quantitative estimate of drug-likeness (QED) is 0.336. The van der Waals surface area contributed by atoms with Crippen LogP contribution in [-0.4, -0.2) is 48.1 Å². The fourth-order valence-electron chi connectivity index (χ4n) is 3.85. The number of aryl methyl sites for hydroxylation is 2. The van der Waals surface area contributed by atoms with Gasteiger partial charge in [0.15, 0.2) is 23.0 Å². The van der Waals surface area contributed by atoms with Crippen LogP contribution in [0.25, 0.3) is 0 Å². The highest BCUT2D eigenvalue weighted by molar-refractivity contribution is 7.92. The highest BCUT2D eigenvalue weighted by Crippen LogP contribution is 2.33. The van der Waals surface area contributed by atoms with E-state index >= 15 is 0 Å². The van der Waals surface area contributed by atoms with Crippen LogP contribution < -0.4 is 28.7 Å². The molecule has 1 amide bonds. The molecule has 0 saturated carbocycles. The molecule has 10 nitrogen and oxygen atoms in total. The third kappa shape index (κ3) is 5.78. The number of hydrogen-bond donors (Lipinski definition) is 1. The number of sulfonamides is 1. The summed E-state index contributed by atoms with van der Waals surface area (Å²) in [6, 6.07) is 14.8. The van der Waals surface area contributed by atoms with E-state index in [4.69, 9.17) is 18.9 Å². The van der Waals surface area contributed by atoms with E-state index in [-0.39, 0.29) is 17.4 Å². The maximum absolute atomic E-state index is 13.7. The van der Waals surface area contributed by atoms with Gasteiger partial charge in [-0.25, -0.2) is 13.8 Å². The van der Waals surface area contributed by atoms with Gasteiger partial charge in [-0.1, -0.05) is 6.07 Å². The molecule has 0 aliphatic carbocycles. The third-order valence-corrected chi connectivity index (χ3v) is 7.29. The summed E-state index contributed by atoms with van der Waals surface area (Å²) in [6.07, 6.45) is 1.43. The summed E-state index contributed by atoms with van der Waals surface area (Å²) in [5.41, 5.74) is 5.13. The van der Waals surface area contributed by atoms with Crippen molar-refractivity contribution in [2.24, 2.45) is 5.10 Å². The largest absolute Gasteiger partial charge is 0.493 e. The van der Waals surface area contributed by atoms with Gasteiger partial charge in [0.1, 0.15) is 6.54 Å². The molecule has 0 spiro atoms. The lowest BCUT2D eigenvalue weighted by molar-refractivity contribution is -0.119. The van der Waals surface area contributed by atoms with Gasteiger partial charge in [0.05, 0.1) is 31.0 Å². The summed E-state index contributed by atoms with van der Waals surface area (Å²) in [4.78, 5) is 12.8. The molecule has 1 heterocycles. The second kappa shape index (κ2) is 10.8. The molecule has 0 fully saturated rings. The lowest BCUT2D eigenvalue weighted by Gasteiger charge is -2.25. The average Bonchev–Trinajstić information content (AvgIpc) is 3.34. The molecule has 4 rings (SSSR count). The minimum absolute atomic E-state index is 0.0547. The van der Waals surface area contributed by atoms with Crippen molar-refractivity contribution < 1.29 is 32.2 Å². The Morgan fingerprint density at radius 2 is 1.68 bits per heavy atom. The van der Waals surface area contributed by atoms with Crippen molar-refractivity contribution in [3.05, 3.63) is 71.3 Å². The zero-order valence-electron chi connectivity index (χ0n) is 20.8. The van der Waals surface area contributed by atoms with E-state index in [1.54, 1.807) is 30.3 Å². The molecule has 3 aromatic carbocycles. The van der Waals surface area contributed by atoms with E-state index in [0.29, 0.717) is 28.5 Å². The van der Waals surface area contributed by atoms with Crippen molar-refractivity contribution in [2.75, 3.05) is 31.9 Å². The van der Waals surface area contributed by atoms with Crippen LogP contribution in [0.5, 0.6) is 23.0 Å². The van der Waals surface area contributed by atoms with E-state index < -0.39 is 22.5 Å². The molecule has 1 aliphatic rings. The number of anilines is 1. The summed E-state index contributed by atoms with van der Waals surface area (Å²) in [5, 5.41) is 3.97. The molecular weight excluding hydrogens is 498 g/mol. The Bertz CT molecular complexity index is 1430. The number of carbonyl (C=O) groups is 1. The van der Waals surface area contributed by atoms with Crippen LogP contribution >= 0.6 is 0 Å². The zero-order valence-corrected chi connectivity index (χ0v) is 21.7. The van der Waals surface area contributed by atoms with Gasteiger partial charge >= 0.3 is 0 Å². The van der Waals surface area contributed by atoms with Crippen LogP contribution in [-0.2, 0) is 14.8 Å². The second-order valence-electron chi connectivity index (χ2n) is 8.28. The number of benzene rings is 3. The Hall–Kier alpha value is -4.25. The van der Waals surface area contributed by atoms with Gasteiger partial charge in [0.2, 0.25) is 6.79 Å². The molecule has 0 atom stereocenters. The number of nitrogens with one attached hydrogen (secondary N) is 1. The lowest BCUT2D eigenvalue weighted by Crippen LogP contribution is -2.39. The van der Waals surface area contributed by atoms with Gasteiger partial charge in [-0.15, -0.1) is 0 Å². The molecule has 0 bridgehead atoms. The third-order valence-electron chi connectivity index (χ3n) is 5.52. The molecule has 3 aromatic rings. The number of hydrazone groups is 1. The van der Waals surface area contributed by atoms with E-state index in [2.05, 4.69) is 10.5 Å². The smallest absolute Gasteiger partial charge is 0.264 e. The summed E-state index contributed by atoms with van der Waals surface area (Å²) >= 11 is 0. The molecule has 0 radical (unpaired) electrons. The molecule has 37 heavy (non-hydrogen) atoms. The van der Waals surface area contributed by atoms with Gasteiger partial charge in [-0.3, -0.25) is 9.10 Å². The lowest BCUT2D eigenvalue weighted by atomic mass is 10.1. The minimum atomic E-state index is -4.17. The monoisotopic (exact) mass is 525 g/mol. The number of hydrogen-bond acceptors (Lipinski definition) is 8. The number of rotatable bonds is 9. The first-order valence-corrected chi connectivity index (χ1v) is 12.7. The first-order valence-electron chi connectivity index (χ1n) is 11.3. The van der Waals surface area contributed by atoms with Crippen molar-refractivity contribution >= 4 is 27.8 Å². The zero-order chi connectivity index (χ0) is 26.6. The predicted octanol–water partition coefficient (Wildman–Crippen LogP) is 3.39. The van der Waals surface area contributed by atoms with Gasteiger partial charge in [0.25, 0.3) is 15.9 Å². The van der Waals surface area contributed by atoms with Gasteiger partial charge in [0, 0.05) is 6.07 Å². The van der Waals surface area contributed by atoms with Crippen LogP contribution in [0.3, 0.4) is 0 Å². The van der Waals surface area contributed by atoms with Crippen LogP contribution in [0.2, 0.25) is 0 Å². The Balaban J connectivity index is 1.60. The summed E-state index contributed by atoms with van der Waals surface area (Å²) in [6.45, 7) is 3.36. The normalized spacial score (nSPS) is 12.4. The standard InChI is InChI=1S/C26H27N3O7S/c1-17-9-18(2)11-20(10-17)29(37(31,32)21-6-8-22(33-3)24(13-21)34-4)15-26(30)28-27-14-19-5-7-23-25(12-19)36-16-35-23/h5-14H,15-16H2,1-4H3,(H,28,30)/b27-14-. The molecular formula is C26H27N3O7S. The van der Waals surface area contributed by atoms with Gasteiger partial charge in [-0.2, -0.15) is 5.10 Å². The number of carbonyl (C=O) groups excluding carboxylic acids is 1. The Morgan fingerprint density at radius 1 is 0.973 bits per heavy atom. The Labute approximate surface area is 215 Å². The van der Waals surface area contributed by atoms with Crippen molar-refractivity contribution in [1.82, 2.24) is 5.43 Å². The summed E-state index contributed by atoms with van der Waals surface area (Å²) < 4.78 is 49.7. The fourth-order valence-corrected chi connectivity index (χ4v) is 5.27. The first-order chi connectivity index (χ1) is 17.7.